The highest BCUT2D eigenvalue weighted by Crippen LogP contribution is 2.41. The van der Waals surface area contributed by atoms with Crippen LogP contribution in [0.25, 0.3) is 0 Å². The number of benzene rings is 1. The number of ether oxygens (including phenoxy) is 2. The van der Waals surface area contributed by atoms with Crippen LogP contribution in [0.4, 0.5) is 11.6 Å². The van der Waals surface area contributed by atoms with E-state index in [9.17, 15) is 4.79 Å². The molecule has 0 aliphatic heterocycles. The zero-order chi connectivity index (χ0) is 22.6. The summed E-state index contributed by atoms with van der Waals surface area (Å²) < 4.78 is 11.6. The molecule has 2 rings (SSSR count). The largest absolute Gasteiger partial charge is 0.480 e. The molecule has 1 aromatic carbocycles. The summed E-state index contributed by atoms with van der Waals surface area (Å²) in [7, 11) is 3.50. The Morgan fingerprint density at radius 3 is 2.68 bits per heavy atom. The molecule has 170 valence electrons. The molecule has 0 radical (unpaired) electrons. The van der Waals surface area contributed by atoms with Crippen molar-refractivity contribution < 1.29 is 14.3 Å². The van der Waals surface area contributed by atoms with Crippen molar-refractivity contribution in [1.29, 1.82) is 0 Å². The van der Waals surface area contributed by atoms with Crippen molar-refractivity contribution in [2.45, 2.75) is 30.1 Å². The first kappa shape index (κ1) is 24.7. The lowest BCUT2D eigenvalue weighted by Crippen LogP contribution is -2.32. The maximum absolute atomic E-state index is 11.6. The molecule has 0 spiro atoms. The lowest BCUT2D eigenvalue weighted by atomic mass is 10.3. The summed E-state index contributed by atoms with van der Waals surface area (Å²) in [5, 5.41) is 5.91. The normalized spacial score (nSPS) is 10.6. The Bertz CT molecular complexity index is 852. The Morgan fingerprint density at radius 1 is 1.26 bits per heavy atom. The molecule has 0 saturated carbocycles. The van der Waals surface area contributed by atoms with Crippen LogP contribution in [0.2, 0.25) is 0 Å². The smallest absolute Gasteiger partial charge is 0.238 e. The third-order valence-electron chi connectivity index (χ3n) is 4.25. The van der Waals surface area contributed by atoms with Gasteiger partial charge in [-0.2, -0.15) is 9.97 Å². The first-order valence-electron chi connectivity index (χ1n) is 10.3. The molecule has 1 amide bonds. The van der Waals surface area contributed by atoms with E-state index in [1.807, 2.05) is 38.2 Å². The van der Waals surface area contributed by atoms with Gasteiger partial charge in [-0.15, -0.1) is 0 Å². The van der Waals surface area contributed by atoms with E-state index < -0.39 is 0 Å². The first-order valence-corrected chi connectivity index (χ1v) is 11.1. The van der Waals surface area contributed by atoms with Crippen molar-refractivity contribution in [1.82, 2.24) is 15.3 Å². The molecule has 0 fully saturated rings. The lowest BCUT2D eigenvalue weighted by molar-refractivity contribution is -0.114. The van der Waals surface area contributed by atoms with Gasteiger partial charge < -0.3 is 30.7 Å². The molecule has 31 heavy (non-hydrogen) atoms. The van der Waals surface area contributed by atoms with E-state index in [4.69, 9.17) is 20.2 Å². The van der Waals surface area contributed by atoms with Gasteiger partial charge in [0, 0.05) is 30.2 Å². The van der Waals surface area contributed by atoms with Crippen LogP contribution in [-0.2, 0) is 4.79 Å². The number of methoxy groups -OCH3 is 1. The number of nitrogens with two attached hydrogens (primary N) is 1. The van der Waals surface area contributed by atoms with Crippen molar-refractivity contribution in [3.8, 4) is 11.8 Å². The maximum atomic E-state index is 11.6. The van der Waals surface area contributed by atoms with Crippen LogP contribution in [0.1, 0.15) is 20.3 Å². The van der Waals surface area contributed by atoms with E-state index in [-0.39, 0.29) is 12.5 Å². The molecule has 0 unspecified atom stereocenters. The van der Waals surface area contributed by atoms with Crippen LogP contribution >= 0.6 is 11.8 Å². The standard InChI is InChI=1S/C21H32N6O3S/c1-5-12-30-20-18(31-16-9-7-8-15(13-16)24-17(28)14-22)19(29-4)25-21(26-20)27(6-2)11-10-23-3/h7-9,13,23H,5-6,10-12,14,22H2,1-4H3,(H,24,28). The summed E-state index contributed by atoms with van der Waals surface area (Å²) >= 11 is 1.42. The molecule has 2 aromatic rings. The highest BCUT2D eigenvalue weighted by Gasteiger charge is 2.21. The molecule has 4 N–H and O–H groups in total. The minimum atomic E-state index is -0.249. The van der Waals surface area contributed by atoms with Gasteiger partial charge in [-0.3, -0.25) is 4.79 Å². The van der Waals surface area contributed by atoms with Gasteiger partial charge in [-0.1, -0.05) is 24.8 Å². The van der Waals surface area contributed by atoms with Gasteiger partial charge in [0.2, 0.25) is 23.6 Å². The number of rotatable bonds is 13. The fraction of sp³-hybridized carbons (Fsp3) is 0.476. The number of aromatic nitrogens is 2. The summed E-state index contributed by atoms with van der Waals surface area (Å²) in [6, 6.07) is 7.47. The van der Waals surface area contributed by atoms with Crippen LogP contribution in [0.5, 0.6) is 11.8 Å². The average molecular weight is 449 g/mol. The molecule has 0 aliphatic carbocycles. The number of hydrogen-bond donors (Lipinski definition) is 3. The zero-order valence-electron chi connectivity index (χ0n) is 18.6. The Morgan fingerprint density at radius 2 is 2.03 bits per heavy atom. The van der Waals surface area contributed by atoms with Gasteiger partial charge >= 0.3 is 0 Å². The molecule has 0 aliphatic rings. The molecule has 1 aromatic heterocycles. The van der Waals surface area contributed by atoms with Gasteiger partial charge in [0.15, 0.2) is 0 Å². The third kappa shape index (κ3) is 7.27. The minimum Gasteiger partial charge on any atom is -0.480 e. The van der Waals surface area contributed by atoms with E-state index >= 15 is 0 Å². The predicted octanol–water partition coefficient (Wildman–Crippen LogP) is 2.37. The van der Waals surface area contributed by atoms with Gasteiger partial charge in [-0.25, -0.2) is 0 Å². The second-order valence-electron chi connectivity index (χ2n) is 6.58. The Hall–Kier alpha value is -2.56. The minimum absolute atomic E-state index is 0.0724. The fourth-order valence-corrected chi connectivity index (χ4v) is 3.65. The highest BCUT2D eigenvalue weighted by molar-refractivity contribution is 7.99. The van der Waals surface area contributed by atoms with Crippen molar-refractivity contribution in [2.24, 2.45) is 5.73 Å². The van der Waals surface area contributed by atoms with Gasteiger partial charge in [-0.05, 0) is 38.6 Å². The second-order valence-corrected chi connectivity index (χ2v) is 7.66. The van der Waals surface area contributed by atoms with Crippen molar-refractivity contribution in [3.63, 3.8) is 0 Å². The molecule has 1 heterocycles. The number of hydrogen-bond acceptors (Lipinski definition) is 9. The molecular weight excluding hydrogens is 416 g/mol. The van der Waals surface area contributed by atoms with Gasteiger partial charge in [0.1, 0.15) is 4.90 Å². The summed E-state index contributed by atoms with van der Waals surface area (Å²) in [4.78, 5) is 24.6. The van der Waals surface area contributed by atoms with Crippen LogP contribution in [0.15, 0.2) is 34.1 Å². The summed E-state index contributed by atoms with van der Waals surface area (Å²) in [6.07, 6.45) is 0.851. The maximum Gasteiger partial charge on any atom is 0.238 e. The highest BCUT2D eigenvalue weighted by atomic mass is 32.2. The van der Waals surface area contributed by atoms with Crippen LogP contribution < -0.4 is 30.7 Å². The summed E-state index contributed by atoms with van der Waals surface area (Å²) in [5.41, 5.74) is 6.06. The average Bonchev–Trinajstić information content (AvgIpc) is 2.79. The number of amides is 1. The van der Waals surface area contributed by atoms with E-state index in [2.05, 4.69) is 27.4 Å². The van der Waals surface area contributed by atoms with Crippen molar-refractivity contribution in [2.75, 3.05) is 57.2 Å². The molecule has 10 heteroatoms. The van der Waals surface area contributed by atoms with Crippen molar-refractivity contribution >= 4 is 29.3 Å². The van der Waals surface area contributed by atoms with E-state index in [1.54, 1.807) is 7.11 Å². The molecule has 0 bridgehead atoms. The zero-order valence-corrected chi connectivity index (χ0v) is 19.4. The van der Waals surface area contributed by atoms with Gasteiger partial charge in [0.25, 0.3) is 0 Å². The second kappa shape index (κ2) is 13.0. The Kier molecular flexibility index (Phi) is 10.3. The quantitative estimate of drug-likeness (QED) is 0.425. The first-order chi connectivity index (χ1) is 15.1. The fourth-order valence-electron chi connectivity index (χ4n) is 2.68. The molecule has 0 atom stereocenters. The number of anilines is 2. The lowest BCUT2D eigenvalue weighted by Gasteiger charge is -2.23. The number of carbonyl (C=O) groups is 1. The van der Waals surface area contributed by atoms with E-state index in [0.717, 1.165) is 31.0 Å². The van der Waals surface area contributed by atoms with Crippen LogP contribution in [-0.4, -0.2) is 62.8 Å². The monoisotopic (exact) mass is 448 g/mol. The van der Waals surface area contributed by atoms with Crippen LogP contribution in [0.3, 0.4) is 0 Å². The number of nitrogens with zero attached hydrogens (tertiary/aromatic N) is 3. The Labute approximate surface area is 188 Å². The topological polar surface area (TPSA) is 115 Å². The van der Waals surface area contributed by atoms with Crippen molar-refractivity contribution in [3.05, 3.63) is 24.3 Å². The number of likely N-dealkylation sites (N-methyl/N-ethyl adjacent to an activating group) is 2. The third-order valence-corrected chi connectivity index (χ3v) is 5.29. The predicted molar refractivity (Wildman–Crippen MR) is 124 cm³/mol. The van der Waals surface area contributed by atoms with Crippen LogP contribution in [0, 0.1) is 0 Å². The molecular formula is C21H32N6O3S. The van der Waals surface area contributed by atoms with Gasteiger partial charge in [0.05, 0.1) is 20.3 Å². The number of nitrogens with one attached hydrogen (secondary N) is 2. The SMILES string of the molecule is CCCOc1nc(N(CC)CCNC)nc(OC)c1Sc1cccc(NC(=O)CN)c1. The Balaban J connectivity index is 2.40. The molecule has 9 nitrogen and oxygen atoms in total. The van der Waals surface area contributed by atoms with E-state index in [0.29, 0.717) is 34.9 Å². The molecule has 0 saturated heterocycles. The van der Waals surface area contributed by atoms with E-state index in [1.165, 1.54) is 11.8 Å². The summed E-state index contributed by atoms with van der Waals surface area (Å²) in [5.74, 6) is 1.24. The number of carbonyl (C=O) groups excluding carboxylic acids is 1. The summed E-state index contributed by atoms with van der Waals surface area (Å²) in [6.45, 7) is 6.89.